The van der Waals surface area contributed by atoms with Gasteiger partial charge < -0.3 is 4.74 Å². The van der Waals surface area contributed by atoms with Crippen LogP contribution in [0.2, 0.25) is 0 Å². The SMILES string of the molecule is CCC(C)OC(C(F)(F)F)C(F)(F)F. The van der Waals surface area contributed by atoms with Crippen LogP contribution in [0.3, 0.4) is 0 Å². The van der Waals surface area contributed by atoms with E-state index in [2.05, 4.69) is 4.74 Å². The predicted molar refractivity (Wildman–Crippen MR) is 36.7 cm³/mol. The van der Waals surface area contributed by atoms with E-state index in [0.29, 0.717) is 0 Å². The Kier molecular flexibility index (Phi) is 4.23. The first-order chi connectivity index (χ1) is 6.09. The quantitative estimate of drug-likeness (QED) is 0.668. The summed E-state index contributed by atoms with van der Waals surface area (Å²) >= 11 is 0. The summed E-state index contributed by atoms with van der Waals surface area (Å²) < 4.78 is 75.1. The lowest BCUT2D eigenvalue weighted by Crippen LogP contribution is -2.45. The maximum Gasteiger partial charge on any atom is 0.423 e. The molecule has 0 rings (SSSR count). The zero-order chi connectivity index (χ0) is 11.6. The molecular formula is C7H10F6O. The van der Waals surface area contributed by atoms with Crippen LogP contribution in [-0.4, -0.2) is 24.6 Å². The number of alkyl halides is 6. The first-order valence-corrected chi connectivity index (χ1v) is 3.88. The highest BCUT2D eigenvalue weighted by atomic mass is 19.4. The number of ether oxygens (including phenoxy) is 1. The van der Waals surface area contributed by atoms with Crippen molar-refractivity contribution in [3.8, 4) is 0 Å². The first kappa shape index (κ1) is 13.5. The van der Waals surface area contributed by atoms with Crippen LogP contribution in [0.25, 0.3) is 0 Å². The van der Waals surface area contributed by atoms with Crippen LogP contribution in [0.5, 0.6) is 0 Å². The summed E-state index contributed by atoms with van der Waals surface area (Å²) in [5, 5.41) is 0. The molecule has 0 aliphatic rings. The summed E-state index contributed by atoms with van der Waals surface area (Å²) in [6, 6.07) is 0. The Balaban J connectivity index is 4.59. The topological polar surface area (TPSA) is 9.23 Å². The number of halogens is 6. The third kappa shape index (κ3) is 4.17. The third-order valence-electron chi connectivity index (χ3n) is 1.54. The predicted octanol–water partition coefficient (Wildman–Crippen LogP) is 3.29. The molecule has 7 heteroatoms. The Hall–Kier alpha value is -0.460. The molecule has 0 aromatic rings. The van der Waals surface area contributed by atoms with Gasteiger partial charge in [-0.1, -0.05) is 6.92 Å². The van der Waals surface area contributed by atoms with E-state index in [9.17, 15) is 26.3 Å². The molecule has 14 heavy (non-hydrogen) atoms. The fourth-order valence-electron chi connectivity index (χ4n) is 0.668. The summed E-state index contributed by atoms with van der Waals surface area (Å²) in [6.45, 7) is 2.60. The monoisotopic (exact) mass is 224 g/mol. The van der Waals surface area contributed by atoms with Crippen molar-refractivity contribution in [2.75, 3.05) is 0 Å². The second kappa shape index (κ2) is 4.37. The Morgan fingerprint density at radius 3 is 1.57 bits per heavy atom. The molecular weight excluding hydrogens is 214 g/mol. The molecule has 0 saturated carbocycles. The van der Waals surface area contributed by atoms with Gasteiger partial charge in [-0.3, -0.25) is 0 Å². The number of hydrogen-bond acceptors (Lipinski definition) is 1. The van der Waals surface area contributed by atoms with Crippen LogP contribution in [0.4, 0.5) is 26.3 Å². The zero-order valence-corrected chi connectivity index (χ0v) is 7.54. The standard InChI is InChI=1S/C7H10F6O/c1-3-4(2)14-5(6(8,9)10)7(11,12)13/h4-5H,3H2,1-2H3. The van der Waals surface area contributed by atoms with Gasteiger partial charge in [0.05, 0.1) is 6.10 Å². The maximum absolute atomic E-state index is 11.9. The number of hydrogen-bond donors (Lipinski definition) is 0. The molecule has 0 bridgehead atoms. The van der Waals surface area contributed by atoms with Gasteiger partial charge in [-0.25, -0.2) is 0 Å². The fourth-order valence-corrected chi connectivity index (χ4v) is 0.668. The van der Waals surface area contributed by atoms with Gasteiger partial charge in [0.25, 0.3) is 0 Å². The normalized spacial score (nSPS) is 16.1. The van der Waals surface area contributed by atoms with E-state index in [-0.39, 0.29) is 6.42 Å². The minimum Gasteiger partial charge on any atom is -0.358 e. The van der Waals surface area contributed by atoms with Crippen LogP contribution in [-0.2, 0) is 4.74 Å². The van der Waals surface area contributed by atoms with Gasteiger partial charge in [-0.05, 0) is 13.3 Å². The highest BCUT2D eigenvalue weighted by Crippen LogP contribution is 2.36. The van der Waals surface area contributed by atoms with E-state index in [1.54, 1.807) is 0 Å². The smallest absolute Gasteiger partial charge is 0.358 e. The van der Waals surface area contributed by atoms with E-state index in [1.807, 2.05) is 0 Å². The van der Waals surface area contributed by atoms with Crippen molar-refractivity contribution in [1.29, 1.82) is 0 Å². The highest BCUT2D eigenvalue weighted by Gasteiger charge is 2.58. The Morgan fingerprint density at radius 1 is 1.00 bits per heavy atom. The minimum atomic E-state index is -5.42. The number of rotatable bonds is 3. The van der Waals surface area contributed by atoms with E-state index in [0.717, 1.165) is 6.92 Å². The van der Waals surface area contributed by atoms with E-state index in [1.165, 1.54) is 6.92 Å². The lowest BCUT2D eigenvalue weighted by molar-refractivity contribution is -0.329. The molecule has 86 valence electrons. The largest absolute Gasteiger partial charge is 0.423 e. The summed E-state index contributed by atoms with van der Waals surface area (Å²) in [6.07, 6.45) is -15.5. The Bertz CT molecular complexity index is 158. The van der Waals surface area contributed by atoms with Crippen LogP contribution in [0.1, 0.15) is 20.3 Å². The van der Waals surface area contributed by atoms with Gasteiger partial charge >= 0.3 is 12.4 Å². The van der Waals surface area contributed by atoms with Gasteiger partial charge in [-0.15, -0.1) is 0 Å². The summed E-state index contributed by atoms with van der Waals surface area (Å²) in [4.78, 5) is 0. The summed E-state index contributed by atoms with van der Waals surface area (Å²) in [7, 11) is 0. The second-order valence-electron chi connectivity index (χ2n) is 2.82. The van der Waals surface area contributed by atoms with Crippen LogP contribution >= 0.6 is 0 Å². The van der Waals surface area contributed by atoms with Crippen molar-refractivity contribution in [2.45, 2.75) is 44.8 Å². The molecule has 1 nitrogen and oxygen atoms in total. The second-order valence-corrected chi connectivity index (χ2v) is 2.82. The molecule has 0 aliphatic heterocycles. The lowest BCUT2D eigenvalue weighted by atomic mass is 10.3. The van der Waals surface area contributed by atoms with E-state index in [4.69, 9.17) is 0 Å². The molecule has 0 N–H and O–H groups in total. The lowest BCUT2D eigenvalue weighted by Gasteiger charge is -2.25. The molecule has 0 aliphatic carbocycles. The van der Waals surface area contributed by atoms with Gasteiger partial charge in [0.15, 0.2) is 0 Å². The molecule has 0 radical (unpaired) electrons. The molecule has 1 unspecified atom stereocenters. The first-order valence-electron chi connectivity index (χ1n) is 3.88. The Morgan fingerprint density at radius 2 is 1.36 bits per heavy atom. The Labute approximate surface area is 77.0 Å². The molecule has 0 aromatic carbocycles. The highest BCUT2D eigenvalue weighted by molar-refractivity contribution is 4.76. The molecule has 0 fully saturated rings. The summed E-state index contributed by atoms with van der Waals surface area (Å²) in [5.41, 5.74) is 0. The molecule has 0 heterocycles. The molecule has 1 atom stereocenters. The van der Waals surface area contributed by atoms with Crippen LogP contribution in [0, 0.1) is 0 Å². The molecule has 0 aromatic heterocycles. The molecule has 0 spiro atoms. The summed E-state index contributed by atoms with van der Waals surface area (Å²) in [5.74, 6) is 0. The van der Waals surface area contributed by atoms with Crippen molar-refractivity contribution in [1.82, 2.24) is 0 Å². The zero-order valence-electron chi connectivity index (χ0n) is 7.54. The third-order valence-corrected chi connectivity index (χ3v) is 1.54. The minimum absolute atomic E-state index is 0.0860. The molecule has 0 amide bonds. The van der Waals surface area contributed by atoms with Gasteiger partial charge in [0.1, 0.15) is 0 Å². The fraction of sp³-hybridized carbons (Fsp3) is 1.00. The van der Waals surface area contributed by atoms with Crippen molar-refractivity contribution < 1.29 is 31.1 Å². The van der Waals surface area contributed by atoms with Crippen molar-refractivity contribution in [3.63, 3.8) is 0 Å². The average molecular weight is 224 g/mol. The maximum atomic E-state index is 11.9. The molecule has 0 saturated heterocycles. The average Bonchev–Trinajstić information content (AvgIpc) is 1.95. The van der Waals surface area contributed by atoms with Crippen molar-refractivity contribution in [2.24, 2.45) is 0 Å². The van der Waals surface area contributed by atoms with Gasteiger partial charge in [0, 0.05) is 0 Å². The van der Waals surface area contributed by atoms with E-state index < -0.39 is 24.6 Å². The van der Waals surface area contributed by atoms with Crippen LogP contribution in [0.15, 0.2) is 0 Å². The van der Waals surface area contributed by atoms with Gasteiger partial charge in [-0.2, -0.15) is 26.3 Å². The van der Waals surface area contributed by atoms with Crippen LogP contribution < -0.4 is 0 Å². The van der Waals surface area contributed by atoms with Crippen molar-refractivity contribution >= 4 is 0 Å². The van der Waals surface area contributed by atoms with Gasteiger partial charge in [0.2, 0.25) is 6.10 Å². The van der Waals surface area contributed by atoms with E-state index >= 15 is 0 Å². The van der Waals surface area contributed by atoms with Crippen molar-refractivity contribution in [3.05, 3.63) is 0 Å².